The van der Waals surface area contributed by atoms with Gasteiger partial charge in [0.05, 0.1) is 46.5 Å². The van der Waals surface area contributed by atoms with Crippen LogP contribution in [-0.2, 0) is 26.2 Å². The van der Waals surface area contributed by atoms with Gasteiger partial charge >= 0.3 is 0 Å². The lowest BCUT2D eigenvalue weighted by Gasteiger charge is -2.13. The molecule has 16 nitrogen and oxygen atoms in total. The van der Waals surface area contributed by atoms with E-state index >= 15 is 0 Å². The maximum atomic E-state index is 13.5. The Morgan fingerprint density at radius 3 is 1.43 bits per heavy atom. The number of aromatic nitrogens is 8. The van der Waals surface area contributed by atoms with Crippen LogP contribution in [0.25, 0.3) is 22.1 Å². The summed E-state index contributed by atoms with van der Waals surface area (Å²) in [6.45, 7) is 12.7. The zero-order chi connectivity index (χ0) is 37.1. The highest BCUT2D eigenvalue weighted by molar-refractivity contribution is 6.04. The molecule has 0 atom stereocenters. The van der Waals surface area contributed by atoms with Crippen molar-refractivity contribution in [3.05, 3.63) is 108 Å². The summed E-state index contributed by atoms with van der Waals surface area (Å²) in [5.41, 5.74) is 16.1. The number of carbonyl (C=O) groups is 4. The summed E-state index contributed by atoms with van der Waals surface area (Å²) in [6, 6.07) is 13.3. The third kappa shape index (κ3) is 7.75. The Morgan fingerprint density at radius 1 is 0.679 bits per heavy atom. The molecule has 0 radical (unpaired) electrons. The van der Waals surface area contributed by atoms with Crippen LogP contribution < -0.4 is 22.1 Å². The number of amides is 4. The van der Waals surface area contributed by atoms with Gasteiger partial charge in [-0.2, -0.15) is 10.2 Å². The minimum Gasteiger partial charge on any atom is -0.366 e. The van der Waals surface area contributed by atoms with Crippen molar-refractivity contribution in [1.82, 2.24) is 38.7 Å². The molecule has 16 heteroatoms. The lowest BCUT2D eigenvalue weighted by Crippen LogP contribution is -2.20. The van der Waals surface area contributed by atoms with Crippen LogP contribution in [0.1, 0.15) is 73.3 Å². The predicted octanol–water partition coefficient (Wildman–Crippen LogP) is 4.59. The quantitative estimate of drug-likeness (QED) is 0.0868. The van der Waals surface area contributed by atoms with Gasteiger partial charge in [-0.15, -0.1) is 13.2 Å². The van der Waals surface area contributed by atoms with E-state index in [0.717, 1.165) is 0 Å². The Balaban J connectivity index is 0.00000541. The number of primary amides is 2. The van der Waals surface area contributed by atoms with Gasteiger partial charge in [-0.3, -0.25) is 39.2 Å². The molecule has 4 aromatic heterocycles. The molecular formula is C37H42N12O4. The van der Waals surface area contributed by atoms with Gasteiger partial charge in [0.25, 0.3) is 11.8 Å². The Kier molecular flexibility index (Phi) is 11.0. The van der Waals surface area contributed by atoms with Crippen LogP contribution in [0.5, 0.6) is 0 Å². The first-order valence-corrected chi connectivity index (χ1v) is 16.5. The monoisotopic (exact) mass is 718 g/mol. The molecule has 6 aromatic rings. The highest BCUT2D eigenvalue weighted by Gasteiger charge is 2.21. The van der Waals surface area contributed by atoms with Crippen LogP contribution in [0, 0.1) is 13.8 Å². The maximum Gasteiger partial charge on any atom is 0.276 e. The summed E-state index contributed by atoms with van der Waals surface area (Å²) < 4.78 is 6.86. The molecule has 0 spiro atoms. The number of hydrogen-bond donors (Lipinski definition) is 4. The zero-order valence-electron chi connectivity index (χ0n) is 28.8. The molecule has 4 heterocycles. The topological polar surface area (TPSA) is 216 Å². The van der Waals surface area contributed by atoms with Gasteiger partial charge in [0.15, 0.2) is 0 Å². The van der Waals surface area contributed by atoms with E-state index in [1.807, 2.05) is 9.13 Å². The molecule has 0 aliphatic heterocycles. The first-order valence-electron chi connectivity index (χ1n) is 16.5. The number of nitrogens with zero attached hydrogens (tertiary/aromatic N) is 8. The van der Waals surface area contributed by atoms with E-state index in [2.05, 4.69) is 44.0 Å². The largest absolute Gasteiger partial charge is 0.366 e. The standard InChI is InChI=1S/C36H38N12O4.CH4/c1-5-13-47-29(17-21(3)43-47)33(51)41-35-39-25-19-23(31(37)49)9-11-27(25)45(35)15-7-8-16-46-28-12-10-24(32(38)50)20-26(28)40-36(46)42-34(52)30-18-22(4)44-48(30)14-6-2;/h5-6,9-12,17-20H,1-2,7-8,13-16H2,3-4H3,(H2,37,49)(H2,38,50)(H,39,41,51)(H,40,42,52);1H4. The summed E-state index contributed by atoms with van der Waals surface area (Å²) >= 11 is 0. The van der Waals surface area contributed by atoms with E-state index < -0.39 is 23.6 Å². The van der Waals surface area contributed by atoms with Crippen molar-refractivity contribution in [3.63, 3.8) is 0 Å². The van der Waals surface area contributed by atoms with Crippen molar-refractivity contribution in [1.29, 1.82) is 0 Å². The number of nitrogens with two attached hydrogens (primary N) is 2. The van der Waals surface area contributed by atoms with Crippen molar-refractivity contribution < 1.29 is 19.2 Å². The van der Waals surface area contributed by atoms with E-state index in [1.165, 1.54) is 0 Å². The molecule has 53 heavy (non-hydrogen) atoms. The second kappa shape index (κ2) is 15.6. The van der Waals surface area contributed by atoms with Crippen LogP contribution in [0.2, 0.25) is 0 Å². The number of nitrogens with one attached hydrogen (secondary N) is 2. The summed E-state index contributed by atoms with van der Waals surface area (Å²) in [7, 11) is 0. The van der Waals surface area contributed by atoms with E-state index in [0.29, 0.717) is 95.0 Å². The SMILES string of the molecule is C.C=CCn1nc(C)cc1C(=O)Nc1nc2cc(C(N)=O)ccc2n1CCCCn1c(NC(=O)c2cc(C)nn2CC=C)nc2cc(C(N)=O)ccc21. The molecule has 0 unspecified atom stereocenters. The van der Waals surface area contributed by atoms with Crippen molar-refractivity contribution in [3.8, 4) is 0 Å². The van der Waals surface area contributed by atoms with Gasteiger partial charge in [0.1, 0.15) is 11.4 Å². The van der Waals surface area contributed by atoms with Gasteiger partial charge in [0, 0.05) is 24.2 Å². The number of benzene rings is 2. The molecule has 274 valence electrons. The van der Waals surface area contributed by atoms with Crippen LogP contribution >= 0.6 is 0 Å². The molecule has 0 aliphatic carbocycles. The van der Waals surface area contributed by atoms with E-state index in [-0.39, 0.29) is 19.3 Å². The average molecular weight is 719 g/mol. The Morgan fingerprint density at radius 2 is 1.08 bits per heavy atom. The number of fused-ring (bicyclic) bond motifs is 2. The number of aryl methyl sites for hydroxylation is 4. The highest BCUT2D eigenvalue weighted by atomic mass is 16.2. The van der Waals surface area contributed by atoms with Crippen molar-refractivity contribution in [2.75, 3.05) is 10.6 Å². The summed E-state index contributed by atoms with van der Waals surface area (Å²) in [5, 5.41) is 14.6. The van der Waals surface area contributed by atoms with Crippen LogP contribution in [0.4, 0.5) is 11.9 Å². The average Bonchev–Trinajstić information content (AvgIpc) is 3.85. The van der Waals surface area contributed by atoms with Gasteiger partial charge in [-0.1, -0.05) is 19.6 Å². The Labute approximate surface area is 305 Å². The van der Waals surface area contributed by atoms with Crippen molar-refractivity contribution in [2.45, 2.75) is 60.3 Å². The summed E-state index contributed by atoms with van der Waals surface area (Å²) in [6.07, 6.45) is 4.52. The smallest absolute Gasteiger partial charge is 0.276 e. The molecule has 0 bridgehead atoms. The molecule has 4 amide bonds. The normalized spacial score (nSPS) is 11.0. The predicted molar refractivity (Wildman–Crippen MR) is 203 cm³/mol. The Bertz CT molecular complexity index is 2230. The minimum atomic E-state index is -0.593. The van der Waals surface area contributed by atoms with Gasteiger partial charge in [-0.05, 0) is 75.2 Å². The van der Waals surface area contributed by atoms with Gasteiger partial charge in [0.2, 0.25) is 23.7 Å². The highest BCUT2D eigenvalue weighted by Crippen LogP contribution is 2.25. The molecule has 2 aromatic carbocycles. The fourth-order valence-corrected chi connectivity index (χ4v) is 6.06. The summed E-state index contributed by atoms with van der Waals surface area (Å²) in [5.74, 6) is -1.41. The maximum absolute atomic E-state index is 13.5. The molecule has 6 N–H and O–H groups in total. The second-order valence-electron chi connectivity index (χ2n) is 12.2. The Hall–Kier alpha value is -6.84. The first-order chi connectivity index (χ1) is 25.0. The van der Waals surface area contributed by atoms with Crippen molar-refractivity contribution >= 4 is 57.6 Å². The number of carbonyl (C=O) groups excluding carboxylic acids is 4. The number of allylic oxidation sites excluding steroid dienone is 2. The third-order valence-corrected chi connectivity index (χ3v) is 8.40. The molecule has 0 saturated heterocycles. The number of hydrogen-bond acceptors (Lipinski definition) is 8. The van der Waals surface area contributed by atoms with Crippen molar-refractivity contribution in [2.24, 2.45) is 11.5 Å². The third-order valence-electron chi connectivity index (χ3n) is 8.40. The van der Waals surface area contributed by atoms with Crippen LogP contribution in [0.15, 0.2) is 73.8 Å². The van der Waals surface area contributed by atoms with Gasteiger partial charge in [-0.25, -0.2) is 9.97 Å². The number of unbranched alkanes of at least 4 members (excludes halogenated alkanes) is 1. The fraction of sp³-hybridized carbons (Fsp3) is 0.243. The molecule has 6 rings (SSSR count). The number of imidazole rings is 2. The number of rotatable bonds is 15. The molecule has 0 aliphatic rings. The van der Waals surface area contributed by atoms with Crippen LogP contribution in [-0.4, -0.2) is 62.3 Å². The fourth-order valence-electron chi connectivity index (χ4n) is 6.06. The lowest BCUT2D eigenvalue weighted by atomic mass is 10.2. The first kappa shape index (κ1) is 37.4. The summed E-state index contributed by atoms with van der Waals surface area (Å²) in [4.78, 5) is 60.1. The van der Waals surface area contributed by atoms with E-state index in [4.69, 9.17) is 11.5 Å². The minimum absolute atomic E-state index is 0. The van der Waals surface area contributed by atoms with Gasteiger partial charge < -0.3 is 20.6 Å². The molecule has 0 saturated carbocycles. The number of anilines is 2. The molecular weight excluding hydrogens is 676 g/mol. The van der Waals surface area contributed by atoms with E-state index in [1.54, 1.807) is 83.9 Å². The second-order valence-corrected chi connectivity index (χ2v) is 12.2. The molecule has 0 fully saturated rings. The lowest BCUT2D eigenvalue weighted by molar-refractivity contribution is 0.0992. The van der Waals surface area contributed by atoms with E-state index in [9.17, 15) is 19.2 Å². The zero-order valence-corrected chi connectivity index (χ0v) is 28.8. The van der Waals surface area contributed by atoms with Crippen LogP contribution in [0.3, 0.4) is 0 Å².